The summed E-state index contributed by atoms with van der Waals surface area (Å²) in [5, 5.41) is 7.81. The van der Waals surface area contributed by atoms with Crippen molar-refractivity contribution in [1.82, 2.24) is 15.0 Å². The largest absolute Gasteiger partial charge is 0.464 e. The second-order valence-electron chi connectivity index (χ2n) is 3.49. The van der Waals surface area contributed by atoms with Crippen molar-refractivity contribution in [2.45, 2.75) is 32.7 Å². The molecule has 6 heteroatoms. The van der Waals surface area contributed by atoms with Crippen molar-refractivity contribution in [2.24, 2.45) is 5.73 Å². The van der Waals surface area contributed by atoms with E-state index in [2.05, 4.69) is 15.0 Å². The van der Waals surface area contributed by atoms with E-state index < -0.39 is 5.97 Å². The second-order valence-corrected chi connectivity index (χ2v) is 3.49. The Kier molecular flexibility index (Phi) is 4.91. The molecule has 0 saturated carbocycles. The van der Waals surface area contributed by atoms with Crippen LogP contribution in [0.4, 0.5) is 0 Å². The molecule has 0 aliphatic heterocycles. The second kappa shape index (κ2) is 6.22. The molecule has 0 aromatic carbocycles. The third-order valence-electron chi connectivity index (χ3n) is 2.28. The highest BCUT2D eigenvalue weighted by atomic mass is 16.5. The minimum atomic E-state index is -0.428. The SMILES string of the molecule is CCCc1c(C(=O)OC)nnn1CCCN. The molecule has 0 saturated heterocycles. The van der Waals surface area contributed by atoms with Crippen molar-refractivity contribution in [3.05, 3.63) is 11.4 Å². The fourth-order valence-electron chi connectivity index (χ4n) is 1.49. The van der Waals surface area contributed by atoms with Crippen LogP contribution in [0.25, 0.3) is 0 Å². The van der Waals surface area contributed by atoms with E-state index in [-0.39, 0.29) is 0 Å². The summed E-state index contributed by atoms with van der Waals surface area (Å²) in [5.41, 5.74) is 6.60. The number of ether oxygens (including phenoxy) is 1. The van der Waals surface area contributed by atoms with Crippen LogP contribution in [0.15, 0.2) is 0 Å². The van der Waals surface area contributed by atoms with Crippen LogP contribution in [0, 0.1) is 0 Å². The molecule has 0 amide bonds. The van der Waals surface area contributed by atoms with Gasteiger partial charge in [-0.25, -0.2) is 9.48 Å². The predicted molar refractivity (Wildman–Crippen MR) is 59.0 cm³/mol. The zero-order chi connectivity index (χ0) is 12.0. The van der Waals surface area contributed by atoms with Gasteiger partial charge in [0.1, 0.15) is 0 Å². The van der Waals surface area contributed by atoms with Crippen molar-refractivity contribution in [1.29, 1.82) is 0 Å². The lowest BCUT2D eigenvalue weighted by Gasteiger charge is -2.05. The molecule has 1 aromatic heterocycles. The standard InChI is InChI=1S/C10H18N4O2/c1-3-5-8-9(10(15)16-2)12-13-14(8)7-4-6-11/h3-7,11H2,1-2H3. The van der Waals surface area contributed by atoms with E-state index in [1.807, 2.05) is 6.92 Å². The number of aromatic nitrogens is 3. The van der Waals surface area contributed by atoms with Crippen molar-refractivity contribution < 1.29 is 9.53 Å². The number of carbonyl (C=O) groups excluding carboxylic acids is 1. The molecule has 0 aliphatic carbocycles. The van der Waals surface area contributed by atoms with Gasteiger partial charge < -0.3 is 10.5 Å². The zero-order valence-corrected chi connectivity index (χ0v) is 9.77. The Bertz CT molecular complexity index is 349. The van der Waals surface area contributed by atoms with Crippen LogP contribution in [0.2, 0.25) is 0 Å². The van der Waals surface area contributed by atoms with Gasteiger partial charge in [0, 0.05) is 6.54 Å². The summed E-state index contributed by atoms with van der Waals surface area (Å²) in [6, 6.07) is 0. The van der Waals surface area contributed by atoms with Crippen LogP contribution < -0.4 is 5.73 Å². The minimum Gasteiger partial charge on any atom is -0.464 e. The lowest BCUT2D eigenvalue weighted by molar-refractivity contribution is 0.0592. The molecule has 0 spiro atoms. The summed E-state index contributed by atoms with van der Waals surface area (Å²) < 4.78 is 6.40. The monoisotopic (exact) mass is 226 g/mol. The van der Waals surface area contributed by atoms with Gasteiger partial charge in [-0.05, 0) is 19.4 Å². The van der Waals surface area contributed by atoms with Crippen LogP contribution in [0.5, 0.6) is 0 Å². The number of aryl methyl sites for hydroxylation is 1. The quantitative estimate of drug-likeness (QED) is 0.708. The fourth-order valence-corrected chi connectivity index (χ4v) is 1.49. The Morgan fingerprint density at radius 1 is 1.56 bits per heavy atom. The van der Waals surface area contributed by atoms with Gasteiger partial charge in [-0.15, -0.1) is 5.10 Å². The Labute approximate surface area is 94.8 Å². The number of hydrogen-bond acceptors (Lipinski definition) is 5. The highest BCUT2D eigenvalue weighted by Crippen LogP contribution is 2.10. The lowest BCUT2D eigenvalue weighted by atomic mass is 10.2. The first-order valence-electron chi connectivity index (χ1n) is 5.45. The van der Waals surface area contributed by atoms with E-state index in [1.165, 1.54) is 7.11 Å². The molecule has 0 unspecified atom stereocenters. The first-order chi connectivity index (χ1) is 7.74. The molecule has 1 rings (SSSR count). The summed E-state index contributed by atoms with van der Waals surface area (Å²) in [5.74, 6) is -0.428. The summed E-state index contributed by atoms with van der Waals surface area (Å²) in [6.07, 6.45) is 2.52. The smallest absolute Gasteiger partial charge is 0.360 e. The third-order valence-corrected chi connectivity index (χ3v) is 2.28. The van der Waals surface area contributed by atoms with Crippen LogP contribution >= 0.6 is 0 Å². The van der Waals surface area contributed by atoms with Gasteiger partial charge in [0.25, 0.3) is 0 Å². The number of esters is 1. The van der Waals surface area contributed by atoms with Crippen LogP contribution in [0.3, 0.4) is 0 Å². The molecule has 1 heterocycles. The summed E-state index contributed by atoms with van der Waals surface area (Å²) in [7, 11) is 1.34. The van der Waals surface area contributed by atoms with Gasteiger partial charge in [0.15, 0.2) is 5.69 Å². The maximum absolute atomic E-state index is 11.4. The van der Waals surface area contributed by atoms with E-state index in [0.29, 0.717) is 18.8 Å². The zero-order valence-electron chi connectivity index (χ0n) is 9.77. The van der Waals surface area contributed by atoms with E-state index in [0.717, 1.165) is 25.0 Å². The van der Waals surface area contributed by atoms with E-state index >= 15 is 0 Å². The van der Waals surface area contributed by atoms with E-state index in [4.69, 9.17) is 5.73 Å². The Morgan fingerprint density at radius 3 is 2.88 bits per heavy atom. The van der Waals surface area contributed by atoms with Crippen LogP contribution in [-0.4, -0.2) is 34.6 Å². The maximum atomic E-state index is 11.4. The van der Waals surface area contributed by atoms with Crippen molar-refractivity contribution in [3.8, 4) is 0 Å². The summed E-state index contributed by atoms with van der Waals surface area (Å²) in [6.45, 7) is 3.33. The number of rotatable bonds is 6. The molecular formula is C10H18N4O2. The fraction of sp³-hybridized carbons (Fsp3) is 0.700. The van der Waals surface area contributed by atoms with Gasteiger partial charge in [0.2, 0.25) is 0 Å². The minimum absolute atomic E-state index is 0.321. The van der Waals surface area contributed by atoms with Gasteiger partial charge in [-0.2, -0.15) is 0 Å². The molecule has 6 nitrogen and oxygen atoms in total. The average Bonchev–Trinajstić information content (AvgIpc) is 2.69. The number of nitrogens with two attached hydrogens (primary N) is 1. The lowest BCUT2D eigenvalue weighted by Crippen LogP contribution is -2.12. The molecule has 90 valence electrons. The molecule has 0 atom stereocenters. The Balaban J connectivity index is 2.92. The molecule has 0 fully saturated rings. The first-order valence-corrected chi connectivity index (χ1v) is 5.45. The molecule has 1 aromatic rings. The number of nitrogens with zero attached hydrogens (tertiary/aromatic N) is 3. The number of methoxy groups -OCH3 is 1. The molecular weight excluding hydrogens is 208 g/mol. The molecule has 2 N–H and O–H groups in total. The van der Waals surface area contributed by atoms with Gasteiger partial charge >= 0.3 is 5.97 Å². The molecule has 16 heavy (non-hydrogen) atoms. The van der Waals surface area contributed by atoms with Crippen molar-refractivity contribution in [2.75, 3.05) is 13.7 Å². The van der Waals surface area contributed by atoms with Crippen LogP contribution in [0.1, 0.15) is 35.9 Å². The van der Waals surface area contributed by atoms with Crippen LogP contribution in [-0.2, 0) is 17.7 Å². The summed E-state index contributed by atoms with van der Waals surface area (Å²) >= 11 is 0. The van der Waals surface area contributed by atoms with Gasteiger partial charge in [-0.1, -0.05) is 18.6 Å². The molecule has 0 aliphatic rings. The van der Waals surface area contributed by atoms with Crippen molar-refractivity contribution >= 4 is 5.97 Å². The highest BCUT2D eigenvalue weighted by molar-refractivity contribution is 5.88. The Hall–Kier alpha value is -1.43. The van der Waals surface area contributed by atoms with E-state index in [9.17, 15) is 4.79 Å². The van der Waals surface area contributed by atoms with Gasteiger partial charge in [-0.3, -0.25) is 0 Å². The highest BCUT2D eigenvalue weighted by Gasteiger charge is 2.18. The Morgan fingerprint density at radius 2 is 2.31 bits per heavy atom. The molecule has 0 radical (unpaired) electrons. The van der Waals surface area contributed by atoms with E-state index in [1.54, 1.807) is 4.68 Å². The number of hydrogen-bond donors (Lipinski definition) is 1. The van der Waals surface area contributed by atoms with Crippen molar-refractivity contribution in [3.63, 3.8) is 0 Å². The number of carbonyl (C=O) groups is 1. The average molecular weight is 226 g/mol. The predicted octanol–water partition coefficient (Wildman–Crippen LogP) is 0.366. The topological polar surface area (TPSA) is 83.0 Å². The normalized spacial score (nSPS) is 10.4. The first kappa shape index (κ1) is 12.6. The maximum Gasteiger partial charge on any atom is 0.360 e. The third kappa shape index (κ3) is 2.79. The molecule has 0 bridgehead atoms. The van der Waals surface area contributed by atoms with Gasteiger partial charge in [0.05, 0.1) is 12.8 Å². The summed E-state index contributed by atoms with van der Waals surface area (Å²) in [4.78, 5) is 11.4.